The molecule has 0 aliphatic carbocycles. The zero-order valence-corrected chi connectivity index (χ0v) is 8.87. The number of thiazole rings is 1. The highest BCUT2D eigenvalue weighted by Gasteiger charge is 2.42. The number of hydrogen-bond donors (Lipinski definition) is 1. The van der Waals surface area contributed by atoms with E-state index in [0.717, 1.165) is 24.3 Å². The first-order valence-electron chi connectivity index (χ1n) is 5.08. The molecule has 1 N–H and O–H groups in total. The smallest absolute Gasteiger partial charge is 0.347 e. The first kappa shape index (κ1) is 9.30. The maximum absolute atomic E-state index is 10.7. The Labute approximate surface area is 90.9 Å². The van der Waals surface area contributed by atoms with E-state index in [1.165, 1.54) is 17.5 Å². The number of aromatic carboxylic acids is 1. The van der Waals surface area contributed by atoms with Crippen LogP contribution in [0.15, 0.2) is 6.20 Å². The maximum atomic E-state index is 10.7. The third-order valence-electron chi connectivity index (χ3n) is 3.16. The van der Waals surface area contributed by atoms with Gasteiger partial charge in [-0.05, 0) is 19.3 Å². The van der Waals surface area contributed by atoms with Crippen molar-refractivity contribution in [3.63, 3.8) is 0 Å². The number of rotatable bonds is 2. The van der Waals surface area contributed by atoms with Crippen molar-refractivity contribution in [3.8, 4) is 0 Å². The molecular formula is C10H11NO3S. The highest BCUT2D eigenvalue weighted by atomic mass is 32.1. The van der Waals surface area contributed by atoms with E-state index in [0.29, 0.717) is 16.9 Å². The van der Waals surface area contributed by atoms with Gasteiger partial charge in [0.2, 0.25) is 0 Å². The van der Waals surface area contributed by atoms with E-state index < -0.39 is 5.97 Å². The second-order valence-corrected chi connectivity index (χ2v) is 5.15. The van der Waals surface area contributed by atoms with Crippen LogP contribution in [-0.4, -0.2) is 28.3 Å². The van der Waals surface area contributed by atoms with Gasteiger partial charge in [0.1, 0.15) is 4.88 Å². The lowest BCUT2D eigenvalue weighted by Gasteiger charge is -2.15. The fraction of sp³-hybridized carbons (Fsp3) is 0.600. The van der Waals surface area contributed by atoms with Crippen LogP contribution in [0.5, 0.6) is 0 Å². The van der Waals surface area contributed by atoms with E-state index in [9.17, 15) is 4.79 Å². The lowest BCUT2D eigenvalue weighted by molar-refractivity contribution is 0.0702. The molecule has 0 saturated carbocycles. The van der Waals surface area contributed by atoms with Crippen molar-refractivity contribution in [1.29, 1.82) is 0 Å². The third kappa shape index (κ3) is 1.46. The Morgan fingerprint density at radius 2 is 2.47 bits per heavy atom. The minimum Gasteiger partial charge on any atom is -0.477 e. The predicted octanol–water partition coefficient (Wildman–Crippen LogP) is 1.88. The van der Waals surface area contributed by atoms with Crippen LogP contribution >= 0.6 is 11.3 Å². The summed E-state index contributed by atoms with van der Waals surface area (Å²) in [7, 11) is 0. The standard InChI is InChI=1S/C10H11NO3S/c12-10(13)8-4-11-9(15-8)6-3-5-1-2-7(6)14-5/h4-7H,1-3H2,(H,12,13). The summed E-state index contributed by atoms with van der Waals surface area (Å²) in [6.45, 7) is 0. The van der Waals surface area contributed by atoms with Crippen LogP contribution in [0.25, 0.3) is 0 Å². The van der Waals surface area contributed by atoms with E-state index in [1.54, 1.807) is 0 Å². The summed E-state index contributed by atoms with van der Waals surface area (Å²) in [6.07, 6.45) is 5.38. The topological polar surface area (TPSA) is 59.4 Å². The molecule has 80 valence electrons. The molecule has 2 aliphatic rings. The second kappa shape index (κ2) is 3.28. The molecule has 3 atom stereocenters. The number of carboxylic acid groups (broad SMARTS) is 1. The summed E-state index contributed by atoms with van der Waals surface area (Å²) in [6, 6.07) is 0. The van der Waals surface area contributed by atoms with Crippen LogP contribution in [0, 0.1) is 0 Å². The highest BCUT2D eigenvalue weighted by molar-refractivity contribution is 7.13. The van der Waals surface area contributed by atoms with Gasteiger partial charge in [-0.15, -0.1) is 11.3 Å². The summed E-state index contributed by atoms with van der Waals surface area (Å²) in [5.41, 5.74) is 0. The van der Waals surface area contributed by atoms with E-state index in [4.69, 9.17) is 9.84 Å². The lowest BCUT2D eigenvalue weighted by Crippen LogP contribution is -2.13. The number of carboxylic acids is 1. The number of carbonyl (C=O) groups is 1. The molecule has 2 bridgehead atoms. The average Bonchev–Trinajstić information content (AvgIpc) is 2.93. The van der Waals surface area contributed by atoms with E-state index in [1.807, 2.05) is 0 Å². The van der Waals surface area contributed by atoms with Crippen LogP contribution in [0.1, 0.15) is 39.9 Å². The fourth-order valence-corrected chi connectivity index (χ4v) is 3.38. The third-order valence-corrected chi connectivity index (χ3v) is 4.27. The van der Waals surface area contributed by atoms with Gasteiger partial charge in [-0.2, -0.15) is 0 Å². The van der Waals surface area contributed by atoms with E-state index in [-0.39, 0.29) is 6.10 Å². The maximum Gasteiger partial charge on any atom is 0.347 e. The molecule has 0 spiro atoms. The molecule has 0 aromatic carbocycles. The van der Waals surface area contributed by atoms with Crippen molar-refractivity contribution in [1.82, 2.24) is 4.98 Å². The Morgan fingerprint density at radius 3 is 3.00 bits per heavy atom. The quantitative estimate of drug-likeness (QED) is 0.834. The number of ether oxygens (including phenoxy) is 1. The van der Waals surface area contributed by atoms with Crippen molar-refractivity contribution < 1.29 is 14.6 Å². The van der Waals surface area contributed by atoms with E-state index in [2.05, 4.69) is 4.98 Å². The Morgan fingerprint density at radius 1 is 1.60 bits per heavy atom. The van der Waals surface area contributed by atoms with Crippen LogP contribution in [-0.2, 0) is 4.74 Å². The second-order valence-electron chi connectivity index (χ2n) is 4.08. The SMILES string of the molecule is O=C(O)c1cnc(C2CC3CCC2O3)s1. The zero-order valence-electron chi connectivity index (χ0n) is 8.05. The van der Waals surface area contributed by atoms with Gasteiger partial charge in [-0.1, -0.05) is 0 Å². The minimum atomic E-state index is -0.886. The highest BCUT2D eigenvalue weighted by Crippen LogP contribution is 2.45. The summed E-state index contributed by atoms with van der Waals surface area (Å²) < 4.78 is 5.73. The monoisotopic (exact) mass is 225 g/mol. The lowest BCUT2D eigenvalue weighted by atomic mass is 9.90. The van der Waals surface area contributed by atoms with Gasteiger partial charge in [0.15, 0.2) is 0 Å². The van der Waals surface area contributed by atoms with Gasteiger partial charge in [0.25, 0.3) is 0 Å². The van der Waals surface area contributed by atoms with Gasteiger partial charge in [-0.25, -0.2) is 9.78 Å². The number of fused-ring (bicyclic) bond motifs is 2. The molecule has 3 unspecified atom stereocenters. The molecule has 2 aliphatic heterocycles. The Bertz CT molecular complexity index is 403. The van der Waals surface area contributed by atoms with Gasteiger partial charge < -0.3 is 9.84 Å². The average molecular weight is 225 g/mol. The first-order valence-corrected chi connectivity index (χ1v) is 5.90. The fourth-order valence-electron chi connectivity index (χ4n) is 2.46. The molecule has 3 heterocycles. The number of hydrogen-bond acceptors (Lipinski definition) is 4. The summed E-state index contributed by atoms with van der Waals surface area (Å²) in [5.74, 6) is -0.551. The number of aromatic nitrogens is 1. The molecule has 3 rings (SSSR count). The molecule has 0 radical (unpaired) electrons. The van der Waals surface area contributed by atoms with Gasteiger partial charge in [0.05, 0.1) is 23.4 Å². The van der Waals surface area contributed by atoms with Crippen LogP contribution < -0.4 is 0 Å². The van der Waals surface area contributed by atoms with Crippen molar-refractivity contribution in [2.45, 2.75) is 37.4 Å². The summed E-state index contributed by atoms with van der Waals surface area (Å²) >= 11 is 1.29. The molecular weight excluding hydrogens is 214 g/mol. The Kier molecular flexibility index (Phi) is 2.03. The van der Waals surface area contributed by atoms with Crippen molar-refractivity contribution in [2.24, 2.45) is 0 Å². The molecule has 1 aromatic heterocycles. The summed E-state index contributed by atoms with van der Waals surface area (Å²) in [4.78, 5) is 15.3. The zero-order chi connectivity index (χ0) is 10.4. The van der Waals surface area contributed by atoms with Gasteiger partial charge in [0, 0.05) is 5.92 Å². The van der Waals surface area contributed by atoms with Gasteiger partial charge in [-0.3, -0.25) is 0 Å². The van der Waals surface area contributed by atoms with Crippen LogP contribution in [0.4, 0.5) is 0 Å². The van der Waals surface area contributed by atoms with Crippen molar-refractivity contribution in [2.75, 3.05) is 0 Å². The molecule has 0 amide bonds. The van der Waals surface area contributed by atoms with Crippen LogP contribution in [0.2, 0.25) is 0 Å². The van der Waals surface area contributed by atoms with Crippen molar-refractivity contribution in [3.05, 3.63) is 16.1 Å². The molecule has 15 heavy (non-hydrogen) atoms. The minimum absolute atomic E-state index is 0.280. The van der Waals surface area contributed by atoms with Crippen LogP contribution in [0.3, 0.4) is 0 Å². The Balaban J connectivity index is 1.84. The first-order chi connectivity index (χ1) is 7.24. The normalized spacial score (nSPS) is 33.5. The molecule has 5 heteroatoms. The van der Waals surface area contributed by atoms with Gasteiger partial charge >= 0.3 is 5.97 Å². The summed E-state index contributed by atoms with van der Waals surface area (Å²) in [5, 5.41) is 9.74. The molecule has 2 saturated heterocycles. The number of nitrogens with zero attached hydrogens (tertiary/aromatic N) is 1. The van der Waals surface area contributed by atoms with Crippen molar-refractivity contribution >= 4 is 17.3 Å². The molecule has 1 aromatic rings. The largest absolute Gasteiger partial charge is 0.477 e. The molecule has 2 fully saturated rings. The predicted molar refractivity (Wildman–Crippen MR) is 54.3 cm³/mol. The Hall–Kier alpha value is -0.940. The molecule has 4 nitrogen and oxygen atoms in total. The van der Waals surface area contributed by atoms with E-state index >= 15 is 0 Å².